The van der Waals surface area contributed by atoms with Crippen LogP contribution in [0.2, 0.25) is 26.2 Å². The fourth-order valence-corrected chi connectivity index (χ4v) is 10.4. The summed E-state index contributed by atoms with van der Waals surface area (Å²) >= 11 is 0. The Bertz CT molecular complexity index is 552. The van der Waals surface area contributed by atoms with Crippen LogP contribution in [0.5, 0.6) is 0 Å². The highest BCUT2D eigenvalue weighted by Gasteiger charge is 2.35. The molecule has 0 saturated carbocycles. The molecular formula is C16H20F2OSi2. The van der Waals surface area contributed by atoms with Gasteiger partial charge in [0.15, 0.2) is 0 Å². The summed E-state index contributed by atoms with van der Waals surface area (Å²) in [5.74, 6) is -0.475. The van der Waals surface area contributed by atoms with E-state index in [1.54, 1.807) is 24.3 Å². The Hall–Kier alpha value is -1.31. The molecular weight excluding hydrogens is 302 g/mol. The Morgan fingerprint density at radius 3 is 1.19 bits per heavy atom. The lowest BCUT2D eigenvalue weighted by molar-refractivity contribution is 0.572. The van der Waals surface area contributed by atoms with Gasteiger partial charge in [-0.3, -0.25) is 0 Å². The summed E-state index contributed by atoms with van der Waals surface area (Å²) in [6.07, 6.45) is 0. The fraction of sp³-hybridized carbons (Fsp3) is 0.250. The minimum Gasteiger partial charge on any atom is -0.449 e. The van der Waals surface area contributed by atoms with Gasteiger partial charge in [-0.05, 0) is 60.8 Å². The number of benzene rings is 2. The highest BCUT2D eigenvalue weighted by atomic mass is 28.4. The van der Waals surface area contributed by atoms with Gasteiger partial charge in [0.25, 0.3) is 0 Å². The smallest absolute Gasteiger partial charge is 0.206 e. The molecule has 2 rings (SSSR count). The van der Waals surface area contributed by atoms with Crippen LogP contribution >= 0.6 is 0 Å². The zero-order valence-corrected chi connectivity index (χ0v) is 14.8. The van der Waals surface area contributed by atoms with Crippen LogP contribution in [0.15, 0.2) is 48.5 Å². The molecule has 0 unspecified atom stereocenters. The van der Waals surface area contributed by atoms with Gasteiger partial charge < -0.3 is 4.12 Å². The molecule has 0 aliphatic heterocycles. The Labute approximate surface area is 126 Å². The van der Waals surface area contributed by atoms with Crippen molar-refractivity contribution < 1.29 is 12.9 Å². The van der Waals surface area contributed by atoms with Gasteiger partial charge in [0, 0.05) is 0 Å². The summed E-state index contributed by atoms with van der Waals surface area (Å²) in [7, 11) is -4.27. The number of hydrogen-bond donors (Lipinski definition) is 0. The average molecular weight is 323 g/mol. The van der Waals surface area contributed by atoms with Gasteiger partial charge in [0.2, 0.25) is 16.6 Å². The van der Waals surface area contributed by atoms with E-state index in [2.05, 4.69) is 26.2 Å². The van der Waals surface area contributed by atoms with Crippen molar-refractivity contribution in [3.05, 3.63) is 60.2 Å². The second-order valence-electron chi connectivity index (χ2n) is 6.14. The second-order valence-corrected chi connectivity index (χ2v) is 14.1. The van der Waals surface area contributed by atoms with E-state index in [1.807, 2.05) is 0 Å². The van der Waals surface area contributed by atoms with Crippen molar-refractivity contribution in [3.8, 4) is 0 Å². The van der Waals surface area contributed by atoms with Crippen molar-refractivity contribution in [2.45, 2.75) is 26.2 Å². The molecule has 0 aliphatic rings. The van der Waals surface area contributed by atoms with E-state index in [9.17, 15) is 8.78 Å². The quantitative estimate of drug-likeness (QED) is 0.783. The molecule has 2 aromatic rings. The van der Waals surface area contributed by atoms with E-state index in [0.717, 1.165) is 10.4 Å². The zero-order chi connectivity index (χ0) is 15.7. The highest BCUT2D eigenvalue weighted by molar-refractivity contribution is 6.96. The molecule has 21 heavy (non-hydrogen) atoms. The van der Waals surface area contributed by atoms with E-state index in [1.165, 1.54) is 24.3 Å². The van der Waals surface area contributed by atoms with Crippen LogP contribution in [0, 0.1) is 11.6 Å². The summed E-state index contributed by atoms with van der Waals surface area (Å²) in [5, 5.41) is 2.12. The minimum absolute atomic E-state index is 0.237. The fourth-order valence-electron chi connectivity index (χ4n) is 2.46. The summed E-state index contributed by atoms with van der Waals surface area (Å²) < 4.78 is 32.6. The van der Waals surface area contributed by atoms with Crippen LogP contribution in [0.4, 0.5) is 8.78 Å². The van der Waals surface area contributed by atoms with E-state index >= 15 is 0 Å². The van der Waals surface area contributed by atoms with Crippen LogP contribution < -0.4 is 10.4 Å². The molecule has 0 aliphatic carbocycles. The molecule has 0 fully saturated rings. The third kappa shape index (κ3) is 3.87. The van der Waals surface area contributed by atoms with E-state index in [4.69, 9.17) is 4.12 Å². The van der Waals surface area contributed by atoms with Gasteiger partial charge in [0.1, 0.15) is 11.6 Å². The monoisotopic (exact) mass is 322 g/mol. The lowest BCUT2D eigenvalue weighted by Crippen LogP contribution is -2.57. The van der Waals surface area contributed by atoms with Crippen LogP contribution in [0.1, 0.15) is 0 Å². The van der Waals surface area contributed by atoms with Gasteiger partial charge in [-0.2, -0.15) is 0 Å². The van der Waals surface area contributed by atoms with E-state index in [0.29, 0.717) is 0 Å². The third-order valence-corrected chi connectivity index (χ3v) is 11.1. The largest absolute Gasteiger partial charge is 0.449 e. The van der Waals surface area contributed by atoms with Crippen LogP contribution in [-0.2, 0) is 4.12 Å². The maximum atomic E-state index is 13.1. The first kappa shape index (κ1) is 16.1. The van der Waals surface area contributed by atoms with Crippen molar-refractivity contribution in [2.24, 2.45) is 0 Å². The summed E-state index contributed by atoms with van der Waals surface area (Å²) in [6, 6.07) is 13.1. The molecule has 5 heteroatoms. The molecule has 0 N–H and O–H groups in total. The molecule has 2 aromatic carbocycles. The van der Waals surface area contributed by atoms with Crippen LogP contribution in [0.3, 0.4) is 0 Å². The van der Waals surface area contributed by atoms with Crippen LogP contribution in [0.25, 0.3) is 0 Å². The summed E-state index contributed by atoms with van der Waals surface area (Å²) in [4.78, 5) is 0. The lowest BCUT2D eigenvalue weighted by Gasteiger charge is -2.34. The number of halogens is 2. The predicted octanol–water partition coefficient (Wildman–Crippen LogP) is 3.51. The summed E-state index contributed by atoms with van der Waals surface area (Å²) in [5.41, 5.74) is 0. The Morgan fingerprint density at radius 1 is 0.619 bits per heavy atom. The van der Waals surface area contributed by atoms with Crippen molar-refractivity contribution >= 4 is 27.0 Å². The first-order valence-corrected chi connectivity index (χ1v) is 12.7. The van der Waals surface area contributed by atoms with Gasteiger partial charge in [-0.25, -0.2) is 8.78 Å². The van der Waals surface area contributed by atoms with Gasteiger partial charge in [-0.1, -0.05) is 24.3 Å². The second kappa shape index (κ2) is 5.83. The number of hydrogen-bond acceptors (Lipinski definition) is 1. The van der Waals surface area contributed by atoms with Crippen molar-refractivity contribution in [1.29, 1.82) is 0 Å². The van der Waals surface area contributed by atoms with Crippen molar-refractivity contribution in [2.75, 3.05) is 0 Å². The molecule has 0 saturated heterocycles. The molecule has 0 amide bonds. The number of rotatable bonds is 4. The zero-order valence-electron chi connectivity index (χ0n) is 12.8. The molecule has 1 nitrogen and oxygen atoms in total. The molecule has 0 spiro atoms. The molecule has 0 heterocycles. The lowest BCUT2D eigenvalue weighted by atomic mass is 10.3. The average Bonchev–Trinajstić information content (AvgIpc) is 2.38. The standard InChI is InChI=1S/C16H20F2OSi2/c1-20(2,15-9-5-13(17)6-10-15)19-21(3,4)16-11-7-14(18)8-12-16/h5-12H,1-4H3. The molecule has 0 bridgehead atoms. The predicted molar refractivity (Wildman–Crippen MR) is 88.1 cm³/mol. The normalized spacial score (nSPS) is 12.5. The maximum Gasteiger partial charge on any atom is 0.206 e. The minimum atomic E-state index is -2.13. The van der Waals surface area contributed by atoms with Crippen molar-refractivity contribution in [1.82, 2.24) is 0 Å². The highest BCUT2D eigenvalue weighted by Crippen LogP contribution is 2.15. The van der Waals surface area contributed by atoms with Gasteiger partial charge in [0.05, 0.1) is 0 Å². The first-order chi connectivity index (χ1) is 9.71. The van der Waals surface area contributed by atoms with Gasteiger partial charge in [-0.15, -0.1) is 0 Å². The first-order valence-electron chi connectivity index (χ1n) is 6.93. The van der Waals surface area contributed by atoms with E-state index < -0.39 is 16.6 Å². The molecule has 0 radical (unpaired) electrons. The van der Waals surface area contributed by atoms with E-state index in [-0.39, 0.29) is 11.6 Å². The molecule has 0 aromatic heterocycles. The van der Waals surface area contributed by atoms with Crippen LogP contribution in [-0.4, -0.2) is 16.6 Å². The Balaban J connectivity index is 2.25. The third-order valence-electron chi connectivity index (χ3n) is 3.59. The molecule has 112 valence electrons. The topological polar surface area (TPSA) is 9.23 Å². The maximum absolute atomic E-state index is 13.1. The van der Waals surface area contributed by atoms with Crippen molar-refractivity contribution in [3.63, 3.8) is 0 Å². The summed E-state index contributed by atoms with van der Waals surface area (Å²) in [6.45, 7) is 8.44. The Kier molecular flexibility index (Phi) is 4.46. The molecule has 0 atom stereocenters. The Morgan fingerprint density at radius 2 is 0.905 bits per heavy atom. The SMILES string of the molecule is C[Si](C)(O[Si](C)(C)c1ccc(F)cc1)c1ccc(F)cc1. The van der Waals surface area contributed by atoms with Gasteiger partial charge >= 0.3 is 0 Å².